The fourth-order valence-corrected chi connectivity index (χ4v) is 4.37. The Bertz CT molecular complexity index is 1110. The van der Waals surface area contributed by atoms with Gasteiger partial charge in [0, 0.05) is 26.1 Å². The van der Waals surface area contributed by atoms with Crippen molar-refractivity contribution in [3.63, 3.8) is 0 Å². The van der Waals surface area contributed by atoms with Gasteiger partial charge < -0.3 is 5.32 Å². The molecule has 0 saturated carbocycles. The standard InChI is InChI=1S/C20H21N7O4/c1-25-8-7-21-9-15(25)12-10-26(24-23-12)13-4-2-3-11-17(13)20(31)27(19(11)30)14-5-6-16(28)22-18(14)29/h2-4,10,14-15,21H,5-9H2,1H3,(H,22,28,29). The monoisotopic (exact) mass is 423 g/mol. The van der Waals surface area contributed by atoms with Crippen molar-refractivity contribution in [1.29, 1.82) is 0 Å². The number of benzene rings is 1. The van der Waals surface area contributed by atoms with Crippen molar-refractivity contribution in [1.82, 2.24) is 35.4 Å². The van der Waals surface area contributed by atoms with E-state index in [1.807, 2.05) is 7.05 Å². The number of carbonyl (C=O) groups excluding carboxylic acids is 4. The summed E-state index contributed by atoms with van der Waals surface area (Å²) in [7, 11) is 2.02. The summed E-state index contributed by atoms with van der Waals surface area (Å²) >= 11 is 0. The summed E-state index contributed by atoms with van der Waals surface area (Å²) in [6.07, 6.45) is 1.95. The number of nitrogens with one attached hydrogen (secondary N) is 2. The molecule has 4 amide bonds. The third-order valence-electron chi connectivity index (χ3n) is 6.06. The van der Waals surface area contributed by atoms with Gasteiger partial charge in [0.1, 0.15) is 11.7 Å². The molecule has 2 atom stereocenters. The van der Waals surface area contributed by atoms with Gasteiger partial charge in [-0.2, -0.15) is 0 Å². The summed E-state index contributed by atoms with van der Waals surface area (Å²) in [5, 5.41) is 14.0. The maximum absolute atomic E-state index is 13.2. The van der Waals surface area contributed by atoms with E-state index in [9.17, 15) is 19.2 Å². The summed E-state index contributed by atoms with van der Waals surface area (Å²) in [6.45, 7) is 2.52. The number of carbonyl (C=O) groups is 4. The maximum atomic E-state index is 13.2. The molecule has 0 aliphatic carbocycles. The highest BCUT2D eigenvalue weighted by molar-refractivity contribution is 6.24. The molecule has 0 radical (unpaired) electrons. The average molecular weight is 423 g/mol. The van der Waals surface area contributed by atoms with Crippen LogP contribution in [0.4, 0.5) is 0 Å². The Morgan fingerprint density at radius 2 is 1.94 bits per heavy atom. The van der Waals surface area contributed by atoms with Crippen molar-refractivity contribution < 1.29 is 19.2 Å². The van der Waals surface area contributed by atoms with Crippen LogP contribution < -0.4 is 10.6 Å². The molecule has 31 heavy (non-hydrogen) atoms. The number of rotatable bonds is 3. The number of piperazine rings is 1. The number of hydrogen-bond donors (Lipinski definition) is 2. The fourth-order valence-electron chi connectivity index (χ4n) is 4.37. The molecule has 11 nitrogen and oxygen atoms in total. The molecule has 1 aromatic heterocycles. The molecule has 0 bridgehead atoms. The van der Waals surface area contributed by atoms with Crippen molar-refractivity contribution in [3.05, 3.63) is 41.2 Å². The minimum atomic E-state index is -1.01. The number of aromatic nitrogens is 3. The molecule has 11 heteroatoms. The lowest BCUT2D eigenvalue weighted by Crippen LogP contribution is -2.54. The molecule has 2 unspecified atom stereocenters. The van der Waals surface area contributed by atoms with Crippen LogP contribution >= 0.6 is 0 Å². The van der Waals surface area contributed by atoms with Gasteiger partial charge in [0.15, 0.2) is 0 Å². The van der Waals surface area contributed by atoms with E-state index in [4.69, 9.17) is 0 Å². The second-order valence-corrected chi connectivity index (χ2v) is 7.94. The van der Waals surface area contributed by atoms with Crippen LogP contribution in [0.15, 0.2) is 24.4 Å². The van der Waals surface area contributed by atoms with Gasteiger partial charge in [-0.15, -0.1) is 5.10 Å². The number of piperidine rings is 1. The lowest BCUT2D eigenvalue weighted by molar-refractivity contribution is -0.136. The molecule has 0 spiro atoms. The zero-order chi connectivity index (χ0) is 21.7. The molecule has 3 aliphatic heterocycles. The zero-order valence-corrected chi connectivity index (χ0v) is 16.9. The number of likely N-dealkylation sites (N-methyl/N-ethyl adjacent to an activating group) is 1. The molecular weight excluding hydrogens is 402 g/mol. The predicted molar refractivity (Wildman–Crippen MR) is 106 cm³/mol. The summed E-state index contributed by atoms with van der Waals surface area (Å²) in [6, 6.07) is 3.96. The second-order valence-electron chi connectivity index (χ2n) is 7.94. The van der Waals surface area contributed by atoms with E-state index in [-0.39, 0.29) is 30.0 Å². The number of amides is 4. The van der Waals surface area contributed by atoms with Gasteiger partial charge in [0.05, 0.1) is 29.1 Å². The molecule has 3 aliphatic rings. The van der Waals surface area contributed by atoms with Gasteiger partial charge in [-0.1, -0.05) is 11.3 Å². The lowest BCUT2D eigenvalue weighted by Gasteiger charge is -2.31. The van der Waals surface area contributed by atoms with Crippen LogP contribution in [0.1, 0.15) is 45.3 Å². The van der Waals surface area contributed by atoms with Crippen molar-refractivity contribution in [2.75, 3.05) is 26.7 Å². The molecular formula is C20H21N7O4. The Hall–Kier alpha value is -3.44. The normalized spacial score (nSPS) is 24.5. The largest absolute Gasteiger partial charge is 0.313 e. The number of fused-ring (bicyclic) bond motifs is 1. The first-order chi connectivity index (χ1) is 15.0. The first-order valence-electron chi connectivity index (χ1n) is 10.1. The van der Waals surface area contributed by atoms with Crippen LogP contribution in [0.3, 0.4) is 0 Å². The van der Waals surface area contributed by atoms with Crippen LogP contribution in [-0.4, -0.2) is 81.1 Å². The summed E-state index contributed by atoms with van der Waals surface area (Å²) in [4.78, 5) is 53.1. The van der Waals surface area contributed by atoms with E-state index < -0.39 is 29.7 Å². The molecule has 2 fully saturated rings. The van der Waals surface area contributed by atoms with E-state index in [2.05, 4.69) is 25.8 Å². The maximum Gasteiger partial charge on any atom is 0.264 e. The molecule has 160 valence electrons. The summed E-state index contributed by atoms with van der Waals surface area (Å²) in [5.41, 5.74) is 1.58. The molecule has 4 heterocycles. The zero-order valence-electron chi connectivity index (χ0n) is 16.9. The molecule has 2 aromatic rings. The van der Waals surface area contributed by atoms with Crippen LogP contribution in [0.2, 0.25) is 0 Å². The molecule has 5 rings (SSSR count). The minimum Gasteiger partial charge on any atom is -0.313 e. The predicted octanol–water partition coefficient (Wildman–Crippen LogP) is -0.755. The summed E-state index contributed by atoms with van der Waals surface area (Å²) in [5.74, 6) is -2.16. The van der Waals surface area contributed by atoms with Crippen LogP contribution in [-0.2, 0) is 9.59 Å². The molecule has 1 aromatic carbocycles. The average Bonchev–Trinajstić information content (AvgIpc) is 3.33. The van der Waals surface area contributed by atoms with Gasteiger partial charge in [0.2, 0.25) is 11.8 Å². The van der Waals surface area contributed by atoms with Gasteiger partial charge in [-0.25, -0.2) is 4.68 Å². The highest BCUT2D eigenvalue weighted by Gasteiger charge is 2.46. The number of imide groups is 2. The number of hydrogen-bond acceptors (Lipinski definition) is 8. The Labute approximate surface area is 177 Å². The first kappa shape index (κ1) is 19.5. The van der Waals surface area contributed by atoms with Crippen molar-refractivity contribution in [3.8, 4) is 5.69 Å². The quantitative estimate of drug-likeness (QED) is 0.617. The van der Waals surface area contributed by atoms with E-state index in [0.717, 1.165) is 30.2 Å². The van der Waals surface area contributed by atoms with Crippen molar-refractivity contribution in [2.45, 2.75) is 24.9 Å². The third kappa shape index (κ3) is 3.13. The van der Waals surface area contributed by atoms with Gasteiger partial charge in [-0.05, 0) is 25.6 Å². The Kier molecular flexibility index (Phi) is 4.63. The van der Waals surface area contributed by atoms with Crippen LogP contribution in [0.25, 0.3) is 5.69 Å². The van der Waals surface area contributed by atoms with Crippen LogP contribution in [0.5, 0.6) is 0 Å². The van der Waals surface area contributed by atoms with Gasteiger partial charge in [-0.3, -0.25) is 34.3 Å². The Balaban J connectivity index is 1.49. The van der Waals surface area contributed by atoms with Gasteiger partial charge >= 0.3 is 0 Å². The molecule has 2 saturated heterocycles. The van der Waals surface area contributed by atoms with Crippen LogP contribution in [0, 0.1) is 0 Å². The van der Waals surface area contributed by atoms with E-state index in [1.54, 1.807) is 24.4 Å². The number of nitrogens with zero attached hydrogens (tertiary/aromatic N) is 5. The third-order valence-corrected chi connectivity index (χ3v) is 6.06. The Morgan fingerprint density at radius 1 is 1.10 bits per heavy atom. The topological polar surface area (TPSA) is 130 Å². The second kappa shape index (κ2) is 7.36. The van der Waals surface area contributed by atoms with E-state index >= 15 is 0 Å². The smallest absolute Gasteiger partial charge is 0.264 e. The first-order valence-corrected chi connectivity index (χ1v) is 10.1. The Morgan fingerprint density at radius 3 is 2.71 bits per heavy atom. The summed E-state index contributed by atoms with van der Waals surface area (Å²) < 4.78 is 1.50. The van der Waals surface area contributed by atoms with Gasteiger partial charge in [0.25, 0.3) is 11.8 Å². The highest BCUT2D eigenvalue weighted by Crippen LogP contribution is 2.31. The highest BCUT2D eigenvalue weighted by atomic mass is 16.2. The van der Waals surface area contributed by atoms with Crippen molar-refractivity contribution >= 4 is 23.6 Å². The fraction of sp³-hybridized carbons (Fsp3) is 0.400. The SMILES string of the molecule is CN1CCNCC1c1cn(-c2cccc3c2C(=O)N(C2CCC(=O)NC2=O)C3=O)nn1. The van der Waals surface area contributed by atoms with Crippen molar-refractivity contribution in [2.24, 2.45) is 0 Å². The van der Waals surface area contributed by atoms with E-state index in [0.29, 0.717) is 5.69 Å². The minimum absolute atomic E-state index is 0.0524. The van der Waals surface area contributed by atoms with E-state index in [1.165, 1.54) is 4.68 Å². The molecule has 2 N–H and O–H groups in total. The lowest BCUT2D eigenvalue weighted by atomic mass is 10.0.